The minimum Gasteiger partial charge on any atom is -0.338 e. The summed E-state index contributed by atoms with van der Waals surface area (Å²) in [5, 5.41) is 0.586. The Morgan fingerprint density at radius 2 is 1.61 bits per heavy atom. The molecule has 3 aromatic carbocycles. The molecule has 0 aliphatic heterocycles. The molecule has 0 bridgehead atoms. The summed E-state index contributed by atoms with van der Waals surface area (Å²) >= 11 is 12.9. The van der Waals surface area contributed by atoms with Gasteiger partial charge in [-0.1, -0.05) is 35.3 Å². The first kappa shape index (κ1) is 32.6. The maximum Gasteiger partial charge on any atom is 0.417 e. The molecule has 3 rings (SSSR count). The van der Waals surface area contributed by atoms with E-state index in [0.717, 1.165) is 22.8 Å². The van der Waals surface area contributed by atoms with Gasteiger partial charge in [-0.25, -0.2) is 8.42 Å². The van der Waals surface area contributed by atoms with E-state index in [9.17, 15) is 31.2 Å². The zero-order valence-corrected chi connectivity index (χ0v) is 25.3. The van der Waals surface area contributed by atoms with Gasteiger partial charge in [0.15, 0.2) is 0 Å². The van der Waals surface area contributed by atoms with Gasteiger partial charge in [-0.2, -0.15) is 18.2 Å². The number of hydrogen-bond acceptors (Lipinski definition) is 6. The summed E-state index contributed by atoms with van der Waals surface area (Å²) in [6, 6.07) is 13.3. The van der Waals surface area contributed by atoms with E-state index in [1.165, 1.54) is 24.8 Å². The van der Waals surface area contributed by atoms with Crippen LogP contribution in [0.4, 0.5) is 18.9 Å². The number of sulfonamides is 1. The molecule has 1 N–H and O–H groups in total. The van der Waals surface area contributed by atoms with Crippen LogP contribution in [0.5, 0.6) is 0 Å². The van der Waals surface area contributed by atoms with Crippen molar-refractivity contribution in [3.8, 4) is 0 Å². The van der Waals surface area contributed by atoms with Crippen molar-refractivity contribution in [1.82, 2.24) is 5.06 Å². The smallest absolute Gasteiger partial charge is 0.338 e. The Morgan fingerprint density at radius 3 is 2.17 bits per heavy atom. The summed E-state index contributed by atoms with van der Waals surface area (Å²) in [5.74, 6) is -0.790. The summed E-state index contributed by atoms with van der Waals surface area (Å²) in [6.45, 7) is 6.36. The van der Waals surface area contributed by atoms with E-state index < -0.39 is 49.1 Å². The van der Waals surface area contributed by atoms with Gasteiger partial charge in [0.2, 0.25) is 0 Å². The number of hydrogen-bond donors (Lipinski definition) is 1. The molecule has 14 heteroatoms. The molecule has 1 amide bonds. The zero-order valence-electron chi connectivity index (χ0n) is 22.2. The van der Waals surface area contributed by atoms with Crippen LogP contribution in [0.25, 0.3) is 0 Å². The second-order valence-corrected chi connectivity index (χ2v) is 13.3. The van der Waals surface area contributed by atoms with Gasteiger partial charge in [-0.15, -0.1) is 11.8 Å². The predicted octanol–water partition coefficient (Wildman–Crippen LogP) is 7.82. The Morgan fingerprint density at radius 1 is 0.976 bits per heavy atom. The van der Waals surface area contributed by atoms with Crippen molar-refractivity contribution in [3.63, 3.8) is 0 Å². The molecule has 0 aromatic heterocycles. The first-order valence-electron chi connectivity index (χ1n) is 11.8. The molecule has 41 heavy (non-hydrogen) atoms. The fraction of sp³-hybridized carbons (Fsp3) is 0.259. The highest BCUT2D eigenvalue weighted by atomic mass is 35.5. The molecule has 0 heterocycles. The Balaban J connectivity index is 1.80. The lowest BCUT2D eigenvalue weighted by atomic mass is 10.1. The first-order chi connectivity index (χ1) is 18.9. The molecule has 0 unspecified atom stereocenters. The van der Waals surface area contributed by atoms with Gasteiger partial charge >= 0.3 is 12.1 Å². The number of benzene rings is 3. The van der Waals surface area contributed by atoms with Crippen LogP contribution in [0.3, 0.4) is 0 Å². The van der Waals surface area contributed by atoms with Gasteiger partial charge in [0.1, 0.15) is 0 Å². The lowest BCUT2D eigenvalue weighted by Gasteiger charge is -2.32. The molecule has 0 fully saturated rings. The van der Waals surface area contributed by atoms with Crippen LogP contribution in [-0.4, -0.2) is 30.9 Å². The summed E-state index contributed by atoms with van der Waals surface area (Å²) in [6.07, 6.45) is -4.84. The van der Waals surface area contributed by atoms with E-state index >= 15 is 0 Å². The second-order valence-electron chi connectivity index (χ2n) is 9.72. The number of thioether (sulfide) groups is 1. The van der Waals surface area contributed by atoms with Crippen molar-refractivity contribution < 1.29 is 36.0 Å². The van der Waals surface area contributed by atoms with E-state index in [2.05, 4.69) is 4.72 Å². The summed E-state index contributed by atoms with van der Waals surface area (Å²) in [5.41, 5.74) is -0.924. The maximum atomic E-state index is 13.3. The van der Waals surface area contributed by atoms with Crippen LogP contribution < -0.4 is 4.72 Å². The van der Waals surface area contributed by atoms with Crippen LogP contribution in [0.2, 0.25) is 10.0 Å². The molecule has 0 spiro atoms. The largest absolute Gasteiger partial charge is 0.417 e. The lowest BCUT2D eigenvalue weighted by Crippen LogP contribution is -2.46. The fourth-order valence-corrected chi connectivity index (χ4v) is 5.94. The highest BCUT2D eigenvalue weighted by Gasteiger charge is 2.35. The van der Waals surface area contributed by atoms with Gasteiger partial charge in [-0.3, -0.25) is 14.3 Å². The van der Waals surface area contributed by atoms with Crippen molar-refractivity contribution in [3.05, 3.63) is 87.4 Å². The number of amides is 1. The highest BCUT2D eigenvalue weighted by Crippen LogP contribution is 2.37. The molecule has 0 atom stereocenters. The van der Waals surface area contributed by atoms with E-state index in [4.69, 9.17) is 28.0 Å². The number of halogens is 5. The van der Waals surface area contributed by atoms with Crippen molar-refractivity contribution in [1.29, 1.82) is 0 Å². The van der Waals surface area contributed by atoms with Crippen LogP contribution in [0, 0.1) is 0 Å². The minimum absolute atomic E-state index is 0.0695. The quantitative estimate of drug-likeness (QED) is 0.207. The Hall–Kier alpha value is -2.93. The van der Waals surface area contributed by atoms with Gasteiger partial charge in [0.25, 0.3) is 15.9 Å². The maximum absolute atomic E-state index is 13.3. The van der Waals surface area contributed by atoms with Crippen LogP contribution in [0.15, 0.2) is 70.5 Å². The lowest BCUT2D eigenvalue weighted by molar-refractivity contribution is -0.192. The zero-order chi connectivity index (χ0) is 30.8. The number of nitrogens with zero attached hydrogens (tertiary/aromatic N) is 1. The monoisotopic (exact) mass is 648 g/mol. The molecular weight excluding hydrogens is 624 g/mol. The number of rotatable bonds is 7. The average molecular weight is 650 g/mol. The Bertz CT molecular complexity index is 1560. The van der Waals surface area contributed by atoms with Gasteiger partial charge in [-0.05, 0) is 74.9 Å². The number of carbonyl (C=O) groups excluding carboxylic acids is 2. The molecule has 3 aromatic rings. The third kappa shape index (κ3) is 8.54. The third-order valence-electron chi connectivity index (χ3n) is 5.35. The SMILES string of the molecule is CC(=O)ON(C(=O)c1ccc(CSc2ccc(Cl)cc2NS(=O)(=O)c2ccc(Cl)c(C(F)(F)F)c2)cc1)C(C)(C)C. The molecule has 0 aliphatic rings. The molecule has 0 aliphatic carbocycles. The van der Waals surface area contributed by atoms with Crippen molar-refractivity contribution in [2.75, 3.05) is 4.72 Å². The molecule has 0 radical (unpaired) electrons. The predicted molar refractivity (Wildman–Crippen MR) is 152 cm³/mol. The van der Waals surface area contributed by atoms with Crippen LogP contribution in [-0.2, 0) is 31.6 Å². The standard InChI is InChI=1S/C27H25Cl2F3N2O5S2/c1-16(35)39-34(26(2,3)4)25(36)18-7-5-17(6-8-18)15-40-24-12-9-19(28)13-23(24)33-41(37,38)20-10-11-22(29)21(14-20)27(30,31)32/h5-14,33H,15H2,1-4H3. The topological polar surface area (TPSA) is 92.8 Å². The average Bonchev–Trinajstić information content (AvgIpc) is 2.85. The number of carbonyl (C=O) groups is 2. The number of nitrogens with one attached hydrogen (secondary N) is 1. The minimum atomic E-state index is -4.84. The number of hydroxylamine groups is 2. The normalized spacial score (nSPS) is 12.1. The van der Waals surface area contributed by atoms with Crippen molar-refractivity contribution >= 4 is 62.6 Å². The summed E-state index contributed by atoms with van der Waals surface area (Å²) < 4.78 is 68.1. The summed E-state index contributed by atoms with van der Waals surface area (Å²) in [4.78, 5) is 29.3. The number of anilines is 1. The van der Waals surface area contributed by atoms with Gasteiger partial charge in [0.05, 0.1) is 26.7 Å². The second kappa shape index (κ2) is 12.5. The molecular formula is C27H25Cl2F3N2O5S2. The number of alkyl halides is 3. The first-order valence-corrected chi connectivity index (χ1v) is 15.0. The van der Waals surface area contributed by atoms with Crippen molar-refractivity contribution in [2.45, 2.75) is 55.0 Å². The van der Waals surface area contributed by atoms with Crippen LogP contribution >= 0.6 is 35.0 Å². The third-order valence-corrected chi connectivity index (χ3v) is 8.42. The Labute approximate surface area is 250 Å². The molecule has 0 saturated heterocycles. The van der Waals surface area contributed by atoms with Gasteiger partial charge in [0, 0.05) is 28.2 Å². The summed E-state index contributed by atoms with van der Waals surface area (Å²) in [7, 11) is -4.44. The van der Waals surface area contributed by atoms with E-state index in [-0.39, 0.29) is 16.3 Å². The molecule has 0 saturated carbocycles. The van der Waals surface area contributed by atoms with Crippen LogP contribution in [0.1, 0.15) is 49.2 Å². The van der Waals surface area contributed by atoms with E-state index in [1.54, 1.807) is 57.2 Å². The van der Waals surface area contributed by atoms with E-state index in [0.29, 0.717) is 16.7 Å². The Kier molecular flexibility index (Phi) is 9.95. The fourth-order valence-electron chi connectivity index (χ4n) is 3.43. The van der Waals surface area contributed by atoms with E-state index in [1.807, 2.05) is 0 Å². The highest BCUT2D eigenvalue weighted by molar-refractivity contribution is 7.98. The van der Waals surface area contributed by atoms with Crippen molar-refractivity contribution in [2.24, 2.45) is 0 Å². The van der Waals surface area contributed by atoms with Gasteiger partial charge < -0.3 is 4.84 Å². The molecule has 220 valence electrons. The molecule has 7 nitrogen and oxygen atoms in total.